The molecule has 0 aliphatic heterocycles. The highest BCUT2D eigenvalue weighted by Gasteiger charge is 2.04. The Labute approximate surface area is 132 Å². The molecule has 1 aromatic carbocycles. The van der Waals surface area contributed by atoms with Crippen LogP contribution in [-0.4, -0.2) is 22.3 Å². The summed E-state index contributed by atoms with van der Waals surface area (Å²) in [4.78, 5) is 4.42. The Kier molecular flexibility index (Phi) is 5.58. The third kappa shape index (κ3) is 4.91. The molecule has 22 heavy (non-hydrogen) atoms. The number of aromatic nitrogens is 2. The zero-order chi connectivity index (χ0) is 15.9. The van der Waals surface area contributed by atoms with Crippen LogP contribution in [0, 0.1) is 5.92 Å². The molecule has 1 unspecified atom stereocenters. The van der Waals surface area contributed by atoms with Gasteiger partial charge in [-0.3, -0.25) is 9.67 Å². The normalized spacial score (nSPS) is 13.4. The molecule has 0 saturated carbocycles. The zero-order valence-electron chi connectivity index (χ0n) is 13.5. The molecule has 2 aromatic rings. The van der Waals surface area contributed by atoms with Crippen LogP contribution < -0.4 is 11.1 Å². The minimum atomic E-state index is 0.377. The monoisotopic (exact) mass is 299 g/mol. The molecule has 2 rings (SSSR count). The van der Waals surface area contributed by atoms with Gasteiger partial charge in [0.25, 0.3) is 0 Å². The Bertz CT molecular complexity index is 601. The van der Waals surface area contributed by atoms with Crippen LogP contribution in [-0.2, 0) is 6.54 Å². The number of rotatable bonds is 6. The first kappa shape index (κ1) is 16.1. The second kappa shape index (κ2) is 7.64. The number of anilines is 1. The fraction of sp³-hybridized carbons (Fsp3) is 0.412. The maximum atomic E-state index is 5.97. The summed E-state index contributed by atoms with van der Waals surface area (Å²) in [5.74, 6) is 1.32. The number of nitrogens with two attached hydrogens (primary N) is 1. The van der Waals surface area contributed by atoms with E-state index in [1.165, 1.54) is 5.56 Å². The quantitative estimate of drug-likeness (QED) is 0.636. The van der Waals surface area contributed by atoms with Gasteiger partial charge in [0.05, 0.1) is 0 Å². The first-order chi connectivity index (χ1) is 10.5. The Morgan fingerprint density at radius 2 is 2.14 bits per heavy atom. The molecule has 5 nitrogen and oxygen atoms in total. The zero-order valence-corrected chi connectivity index (χ0v) is 13.5. The van der Waals surface area contributed by atoms with Crippen molar-refractivity contribution in [2.24, 2.45) is 16.6 Å². The van der Waals surface area contributed by atoms with E-state index >= 15 is 0 Å². The lowest BCUT2D eigenvalue weighted by Gasteiger charge is -2.12. The number of aliphatic imine (C=N–C) groups is 1. The van der Waals surface area contributed by atoms with E-state index in [1.807, 2.05) is 29.1 Å². The number of benzene rings is 1. The van der Waals surface area contributed by atoms with Gasteiger partial charge in [0.2, 0.25) is 0 Å². The highest BCUT2D eigenvalue weighted by molar-refractivity contribution is 5.92. The van der Waals surface area contributed by atoms with Gasteiger partial charge < -0.3 is 11.1 Å². The average molecular weight is 299 g/mol. The Balaban J connectivity index is 1.88. The van der Waals surface area contributed by atoms with Gasteiger partial charge in [-0.25, -0.2) is 0 Å². The van der Waals surface area contributed by atoms with Crippen molar-refractivity contribution in [1.82, 2.24) is 9.78 Å². The maximum absolute atomic E-state index is 5.97. The molecule has 1 atom stereocenters. The summed E-state index contributed by atoms with van der Waals surface area (Å²) in [6.07, 6.45) is 3.74. The summed E-state index contributed by atoms with van der Waals surface area (Å²) in [6.45, 7) is 7.99. The highest BCUT2D eigenvalue weighted by atomic mass is 15.3. The second-order valence-corrected chi connectivity index (χ2v) is 5.96. The Hall–Kier alpha value is -2.30. The predicted molar refractivity (Wildman–Crippen MR) is 92.0 cm³/mol. The Morgan fingerprint density at radius 1 is 1.32 bits per heavy atom. The lowest BCUT2D eigenvalue weighted by atomic mass is 10.0. The van der Waals surface area contributed by atoms with Crippen LogP contribution in [0.15, 0.2) is 47.7 Å². The van der Waals surface area contributed by atoms with Crippen molar-refractivity contribution in [3.8, 4) is 0 Å². The van der Waals surface area contributed by atoms with E-state index in [-0.39, 0.29) is 0 Å². The molecule has 0 spiro atoms. The lowest BCUT2D eigenvalue weighted by molar-refractivity contribution is 0.459. The van der Waals surface area contributed by atoms with Crippen LogP contribution in [0.5, 0.6) is 0 Å². The minimum Gasteiger partial charge on any atom is -0.370 e. The third-order valence-corrected chi connectivity index (χ3v) is 3.46. The van der Waals surface area contributed by atoms with E-state index < -0.39 is 0 Å². The number of nitrogens with one attached hydrogen (secondary N) is 1. The number of guanidine groups is 1. The summed E-state index contributed by atoms with van der Waals surface area (Å²) in [5.41, 5.74) is 8.23. The van der Waals surface area contributed by atoms with Gasteiger partial charge in [-0.15, -0.1) is 0 Å². The third-order valence-electron chi connectivity index (χ3n) is 3.46. The van der Waals surface area contributed by atoms with Gasteiger partial charge in [-0.2, -0.15) is 5.10 Å². The van der Waals surface area contributed by atoms with Crippen LogP contribution in [0.25, 0.3) is 0 Å². The van der Waals surface area contributed by atoms with E-state index in [4.69, 9.17) is 5.73 Å². The van der Waals surface area contributed by atoms with Crippen molar-refractivity contribution in [2.75, 3.05) is 11.9 Å². The van der Waals surface area contributed by atoms with Gasteiger partial charge in [-0.1, -0.05) is 32.9 Å². The van der Waals surface area contributed by atoms with Crippen LogP contribution in [0.1, 0.15) is 32.3 Å². The van der Waals surface area contributed by atoms with Crippen LogP contribution in [0.2, 0.25) is 0 Å². The second-order valence-electron chi connectivity index (χ2n) is 5.96. The van der Waals surface area contributed by atoms with Crippen molar-refractivity contribution in [2.45, 2.75) is 33.2 Å². The van der Waals surface area contributed by atoms with Gasteiger partial charge in [0, 0.05) is 31.2 Å². The molecule has 0 aliphatic rings. The molecule has 0 amide bonds. The van der Waals surface area contributed by atoms with Crippen LogP contribution in [0.3, 0.4) is 0 Å². The fourth-order valence-electron chi connectivity index (χ4n) is 2.20. The smallest absolute Gasteiger partial charge is 0.193 e. The molecule has 118 valence electrons. The fourth-order valence-corrected chi connectivity index (χ4v) is 2.20. The number of hydrogen-bond donors (Lipinski definition) is 2. The van der Waals surface area contributed by atoms with Crippen molar-refractivity contribution in [3.63, 3.8) is 0 Å². The molecule has 3 N–H and O–H groups in total. The molecular weight excluding hydrogens is 274 g/mol. The van der Waals surface area contributed by atoms with Gasteiger partial charge in [-0.05, 0) is 35.6 Å². The highest BCUT2D eigenvalue weighted by Crippen LogP contribution is 2.18. The Morgan fingerprint density at radius 3 is 2.82 bits per heavy atom. The average Bonchev–Trinajstić information content (AvgIpc) is 2.98. The molecule has 0 fully saturated rings. The van der Waals surface area contributed by atoms with E-state index in [0.29, 0.717) is 24.3 Å². The van der Waals surface area contributed by atoms with Crippen molar-refractivity contribution in [3.05, 3.63) is 48.3 Å². The summed E-state index contributed by atoms with van der Waals surface area (Å²) < 4.78 is 1.91. The molecule has 0 radical (unpaired) electrons. The summed E-state index contributed by atoms with van der Waals surface area (Å²) >= 11 is 0. The topological polar surface area (TPSA) is 68.2 Å². The number of nitrogens with zero attached hydrogens (tertiary/aromatic N) is 3. The first-order valence-electron chi connectivity index (χ1n) is 7.69. The molecule has 0 bridgehead atoms. The van der Waals surface area contributed by atoms with E-state index in [0.717, 1.165) is 12.2 Å². The van der Waals surface area contributed by atoms with E-state index in [2.05, 4.69) is 48.3 Å². The van der Waals surface area contributed by atoms with Gasteiger partial charge >= 0.3 is 0 Å². The molecule has 0 saturated heterocycles. The van der Waals surface area contributed by atoms with Crippen molar-refractivity contribution < 1.29 is 0 Å². The predicted octanol–water partition coefficient (Wildman–Crippen LogP) is 3.07. The standard InChI is InChI=1S/C17H25N5/c1-13(2)15-6-4-7-16(10-15)21-17(18)19-11-14(3)12-22-9-5-8-20-22/h4-10,13-14H,11-12H2,1-3H3,(H3,18,19,21). The number of hydrogen-bond acceptors (Lipinski definition) is 2. The minimum absolute atomic E-state index is 0.377. The molecular formula is C17H25N5. The molecule has 0 aliphatic carbocycles. The molecule has 5 heteroatoms. The first-order valence-corrected chi connectivity index (χ1v) is 7.69. The molecule has 1 aromatic heterocycles. The maximum Gasteiger partial charge on any atom is 0.193 e. The lowest BCUT2D eigenvalue weighted by Crippen LogP contribution is -2.24. The van der Waals surface area contributed by atoms with Crippen molar-refractivity contribution >= 4 is 11.6 Å². The van der Waals surface area contributed by atoms with Crippen molar-refractivity contribution in [1.29, 1.82) is 0 Å². The largest absolute Gasteiger partial charge is 0.370 e. The summed E-state index contributed by atoms with van der Waals surface area (Å²) in [6, 6.07) is 10.2. The van der Waals surface area contributed by atoms with Gasteiger partial charge in [0.1, 0.15) is 0 Å². The van der Waals surface area contributed by atoms with E-state index in [1.54, 1.807) is 6.20 Å². The SMILES string of the molecule is CC(CN=C(N)Nc1cccc(C(C)C)c1)Cn1cccn1. The van der Waals surface area contributed by atoms with Gasteiger partial charge in [0.15, 0.2) is 5.96 Å². The summed E-state index contributed by atoms with van der Waals surface area (Å²) in [5, 5.41) is 7.36. The molecule has 1 heterocycles. The van der Waals surface area contributed by atoms with Crippen LogP contribution >= 0.6 is 0 Å². The summed E-state index contributed by atoms with van der Waals surface area (Å²) in [7, 11) is 0. The van der Waals surface area contributed by atoms with E-state index in [9.17, 15) is 0 Å². The van der Waals surface area contributed by atoms with Crippen LogP contribution in [0.4, 0.5) is 5.69 Å².